The van der Waals surface area contributed by atoms with Gasteiger partial charge in [-0.2, -0.15) is 0 Å². The first kappa shape index (κ1) is 16.1. The first-order valence-electron chi connectivity index (χ1n) is 7.49. The normalized spacial score (nSPS) is 20.6. The van der Waals surface area contributed by atoms with Crippen molar-refractivity contribution in [1.82, 2.24) is 4.90 Å². The average Bonchev–Trinajstić information content (AvgIpc) is 3.08. The van der Waals surface area contributed by atoms with Gasteiger partial charge in [0.1, 0.15) is 0 Å². The molecule has 0 radical (unpaired) electrons. The Morgan fingerprint density at radius 1 is 1.52 bits per heavy atom. The molecule has 0 saturated heterocycles. The van der Waals surface area contributed by atoms with Gasteiger partial charge in [-0.1, -0.05) is 18.5 Å². The molecule has 1 aliphatic carbocycles. The third-order valence-corrected chi connectivity index (χ3v) is 4.29. The van der Waals surface area contributed by atoms with Gasteiger partial charge in [0.05, 0.1) is 11.4 Å². The monoisotopic (exact) mass is 309 g/mol. The van der Waals surface area contributed by atoms with E-state index in [9.17, 15) is 4.79 Å². The molecule has 1 aromatic rings. The number of carbonyl (C=O) groups excluding carboxylic acids is 1. The van der Waals surface area contributed by atoms with E-state index in [-0.39, 0.29) is 5.91 Å². The molecule has 2 rings (SSSR count). The van der Waals surface area contributed by atoms with Crippen LogP contribution in [0.1, 0.15) is 26.2 Å². The minimum atomic E-state index is -0.00258. The Kier molecular flexibility index (Phi) is 5.48. The second-order valence-corrected chi connectivity index (χ2v) is 6.56. The summed E-state index contributed by atoms with van der Waals surface area (Å²) in [7, 11) is 2.13. The third-order valence-electron chi connectivity index (χ3n) is 4.05. The fourth-order valence-corrected chi connectivity index (χ4v) is 2.70. The van der Waals surface area contributed by atoms with Crippen molar-refractivity contribution >= 4 is 28.9 Å². The second kappa shape index (κ2) is 7.14. The molecule has 1 saturated carbocycles. The molecular formula is C16H24ClN3O. The summed E-state index contributed by atoms with van der Waals surface area (Å²) in [6.45, 7) is 4.39. The lowest BCUT2D eigenvalue weighted by Crippen LogP contribution is -2.24. The van der Waals surface area contributed by atoms with E-state index < -0.39 is 0 Å². The number of nitrogen functional groups attached to an aromatic ring is 1. The van der Waals surface area contributed by atoms with Gasteiger partial charge in [0.15, 0.2) is 0 Å². The van der Waals surface area contributed by atoms with E-state index in [0.29, 0.717) is 22.8 Å². The summed E-state index contributed by atoms with van der Waals surface area (Å²) < 4.78 is 0. The number of rotatable bonds is 7. The highest BCUT2D eigenvalue weighted by molar-refractivity contribution is 6.31. The Morgan fingerprint density at radius 2 is 2.24 bits per heavy atom. The van der Waals surface area contributed by atoms with E-state index in [1.54, 1.807) is 18.2 Å². The Labute approximate surface area is 131 Å². The maximum Gasteiger partial charge on any atom is 0.224 e. The molecule has 4 nitrogen and oxygen atoms in total. The lowest BCUT2D eigenvalue weighted by molar-refractivity contribution is -0.116. The summed E-state index contributed by atoms with van der Waals surface area (Å²) >= 11 is 5.83. The fraction of sp³-hybridized carbons (Fsp3) is 0.562. The minimum Gasteiger partial charge on any atom is -0.397 e. The van der Waals surface area contributed by atoms with Crippen LogP contribution in [0, 0.1) is 11.8 Å². The van der Waals surface area contributed by atoms with Crippen LogP contribution in [0.3, 0.4) is 0 Å². The van der Waals surface area contributed by atoms with Gasteiger partial charge in [-0.3, -0.25) is 4.79 Å². The van der Waals surface area contributed by atoms with Gasteiger partial charge in [0.25, 0.3) is 0 Å². The summed E-state index contributed by atoms with van der Waals surface area (Å²) in [5.41, 5.74) is 6.94. The molecule has 3 N–H and O–H groups in total. The number of nitrogens with two attached hydrogens (primary N) is 1. The zero-order chi connectivity index (χ0) is 15.4. The van der Waals surface area contributed by atoms with Crippen LogP contribution in [0.4, 0.5) is 11.4 Å². The number of nitrogens with zero attached hydrogens (tertiary/aromatic N) is 1. The predicted molar refractivity (Wildman–Crippen MR) is 88.5 cm³/mol. The largest absolute Gasteiger partial charge is 0.397 e. The van der Waals surface area contributed by atoms with Crippen LogP contribution in [0.2, 0.25) is 5.02 Å². The highest BCUT2D eigenvalue weighted by Crippen LogP contribution is 2.37. The molecule has 0 aliphatic heterocycles. The summed E-state index contributed by atoms with van der Waals surface area (Å²) in [5, 5.41) is 3.40. The molecule has 2 atom stereocenters. The van der Waals surface area contributed by atoms with E-state index in [0.717, 1.165) is 31.3 Å². The van der Waals surface area contributed by atoms with E-state index in [2.05, 4.69) is 24.2 Å². The quantitative estimate of drug-likeness (QED) is 0.760. The van der Waals surface area contributed by atoms with Crippen molar-refractivity contribution in [2.75, 3.05) is 31.2 Å². The second-order valence-electron chi connectivity index (χ2n) is 6.12. The Balaban J connectivity index is 1.67. The average molecular weight is 310 g/mol. The van der Waals surface area contributed by atoms with Crippen LogP contribution in [-0.2, 0) is 4.79 Å². The lowest BCUT2D eigenvalue weighted by Gasteiger charge is -2.16. The lowest BCUT2D eigenvalue weighted by atomic mass is 10.2. The summed E-state index contributed by atoms with van der Waals surface area (Å²) in [6.07, 6.45) is 2.71. The van der Waals surface area contributed by atoms with E-state index in [4.69, 9.17) is 17.3 Å². The number of halogens is 1. The number of amides is 1. The topological polar surface area (TPSA) is 58.4 Å². The van der Waals surface area contributed by atoms with Crippen molar-refractivity contribution in [1.29, 1.82) is 0 Å². The molecule has 21 heavy (non-hydrogen) atoms. The number of hydrogen-bond donors (Lipinski definition) is 2. The van der Waals surface area contributed by atoms with E-state index in [1.165, 1.54) is 6.42 Å². The third kappa shape index (κ3) is 5.21. The molecule has 5 heteroatoms. The Bertz CT molecular complexity index is 506. The molecule has 0 spiro atoms. The van der Waals surface area contributed by atoms with Gasteiger partial charge in [-0.15, -0.1) is 0 Å². The molecular weight excluding hydrogens is 286 g/mol. The van der Waals surface area contributed by atoms with Crippen LogP contribution in [-0.4, -0.2) is 30.9 Å². The standard InChI is InChI=1S/C16H24ClN3O/c1-11-8-12(11)10-20(2)7-3-4-16(21)19-15-6-5-13(17)9-14(15)18/h5-6,9,11-12H,3-4,7-8,10,18H2,1-2H3,(H,19,21). The van der Waals surface area contributed by atoms with Crippen LogP contribution in [0.25, 0.3) is 0 Å². The smallest absolute Gasteiger partial charge is 0.224 e. The van der Waals surface area contributed by atoms with Crippen molar-refractivity contribution in [2.45, 2.75) is 26.2 Å². The molecule has 0 heterocycles. The highest BCUT2D eigenvalue weighted by atomic mass is 35.5. The van der Waals surface area contributed by atoms with Gasteiger partial charge < -0.3 is 16.0 Å². The van der Waals surface area contributed by atoms with Gasteiger partial charge >= 0.3 is 0 Å². The first-order valence-corrected chi connectivity index (χ1v) is 7.87. The first-order chi connectivity index (χ1) is 9.95. The van der Waals surface area contributed by atoms with Crippen LogP contribution in [0.15, 0.2) is 18.2 Å². The molecule has 1 aliphatic rings. The predicted octanol–water partition coefficient (Wildman–Crippen LogP) is 3.23. The highest BCUT2D eigenvalue weighted by Gasteiger charge is 2.32. The number of nitrogens with one attached hydrogen (secondary N) is 1. The number of benzene rings is 1. The molecule has 116 valence electrons. The fourth-order valence-electron chi connectivity index (χ4n) is 2.51. The van der Waals surface area contributed by atoms with Crippen molar-refractivity contribution < 1.29 is 4.79 Å². The number of carbonyl (C=O) groups is 1. The zero-order valence-corrected chi connectivity index (χ0v) is 13.5. The summed E-state index contributed by atoms with van der Waals surface area (Å²) in [4.78, 5) is 14.2. The maximum absolute atomic E-state index is 11.9. The molecule has 1 amide bonds. The van der Waals surface area contributed by atoms with Gasteiger partial charge in [-0.25, -0.2) is 0 Å². The number of anilines is 2. The minimum absolute atomic E-state index is 0.00258. The molecule has 0 bridgehead atoms. The SMILES string of the molecule is CC1CC1CN(C)CCCC(=O)Nc1ccc(Cl)cc1N. The molecule has 0 aromatic heterocycles. The van der Waals surface area contributed by atoms with Crippen molar-refractivity contribution in [3.8, 4) is 0 Å². The molecule has 1 fully saturated rings. The van der Waals surface area contributed by atoms with Gasteiger partial charge in [-0.05, 0) is 56.5 Å². The summed E-state index contributed by atoms with van der Waals surface area (Å²) in [6, 6.07) is 5.09. The van der Waals surface area contributed by atoms with Crippen LogP contribution < -0.4 is 11.1 Å². The zero-order valence-electron chi connectivity index (χ0n) is 12.7. The Hall–Kier alpha value is -1.26. The van der Waals surface area contributed by atoms with Crippen LogP contribution >= 0.6 is 11.6 Å². The van der Waals surface area contributed by atoms with Crippen molar-refractivity contribution in [3.63, 3.8) is 0 Å². The number of hydrogen-bond acceptors (Lipinski definition) is 3. The van der Waals surface area contributed by atoms with Crippen molar-refractivity contribution in [3.05, 3.63) is 23.2 Å². The summed E-state index contributed by atoms with van der Waals surface area (Å²) in [5.74, 6) is 1.73. The van der Waals surface area contributed by atoms with Gasteiger partial charge in [0, 0.05) is 18.0 Å². The van der Waals surface area contributed by atoms with E-state index in [1.807, 2.05) is 0 Å². The van der Waals surface area contributed by atoms with Crippen molar-refractivity contribution in [2.24, 2.45) is 11.8 Å². The maximum atomic E-state index is 11.9. The van der Waals surface area contributed by atoms with E-state index >= 15 is 0 Å². The van der Waals surface area contributed by atoms with Gasteiger partial charge in [0.2, 0.25) is 5.91 Å². The Morgan fingerprint density at radius 3 is 2.86 bits per heavy atom. The van der Waals surface area contributed by atoms with Crippen LogP contribution in [0.5, 0.6) is 0 Å². The molecule has 1 aromatic carbocycles. The molecule has 2 unspecified atom stereocenters.